The van der Waals surface area contributed by atoms with Gasteiger partial charge in [0.1, 0.15) is 0 Å². The molecular formula is C12H26N2O2S. The molecule has 0 amide bonds. The van der Waals surface area contributed by atoms with E-state index in [-0.39, 0.29) is 0 Å². The first-order valence-corrected chi connectivity index (χ1v) is 8.13. The smallest absolute Gasteiger partial charge is 0.211 e. The fourth-order valence-electron chi connectivity index (χ4n) is 2.49. The summed E-state index contributed by atoms with van der Waals surface area (Å²) in [5, 5.41) is 0. The molecule has 0 aromatic carbocycles. The molecule has 0 aromatic rings. The van der Waals surface area contributed by atoms with E-state index in [2.05, 4.69) is 32.6 Å². The van der Waals surface area contributed by atoms with Gasteiger partial charge in [0.25, 0.3) is 0 Å². The van der Waals surface area contributed by atoms with Gasteiger partial charge >= 0.3 is 0 Å². The predicted octanol–water partition coefficient (Wildman–Crippen LogP) is 1.39. The van der Waals surface area contributed by atoms with Crippen molar-refractivity contribution in [2.24, 2.45) is 5.41 Å². The van der Waals surface area contributed by atoms with Crippen molar-refractivity contribution in [2.45, 2.75) is 40.2 Å². The second-order valence-corrected chi connectivity index (χ2v) is 8.29. The Hall–Kier alpha value is -0.130. The van der Waals surface area contributed by atoms with Crippen molar-refractivity contribution in [2.75, 3.05) is 32.4 Å². The average molecular weight is 262 g/mol. The number of nitrogens with zero attached hydrogens (tertiary/aromatic N) is 2. The minimum Gasteiger partial charge on any atom is -0.298 e. The van der Waals surface area contributed by atoms with Gasteiger partial charge in [-0.3, -0.25) is 4.90 Å². The summed E-state index contributed by atoms with van der Waals surface area (Å²) in [5.41, 5.74) is 0.327. The highest BCUT2D eigenvalue weighted by atomic mass is 32.2. The van der Waals surface area contributed by atoms with Crippen molar-refractivity contribution in [1.82, 2.24) is 9.21 Å². The highest BCUT2D eigenvalue weighted by molar-refractivity contribution is 7.88. The summed E-state index contributed by atoms with van der Waals surface area (Å²) in [5.74, 6) is 0. The zero-order valence-corrected chi connectivity index (χ0v) is 12.5. The van der Waals surface area contributed by atoms with Crippen LogP contribution >= 0.6 is 0 Å². The molecule has 4 nitrogen and oxygen atoms in total. The Bertz CT molecular complexity index is 338. The molecule has 0 N–H and O–H groups in total. The van der Waals surface area contributed by atoms with Crippen LogP contribution in [0.1, 0.15) is 34.1 Å². The number of hydrogen-bond donors (Lipinski definition) is 0. The molecule has 17 heavy (non-hydrogen) atoms. The monoisotopic (exact) mass is 262 g/mol. The summed E-state index contributed by atoms with van der Waals surface area (Å²) in [7, 11) is -3.00. The van der Waals surface area contributed by atoms with Crippen LogP contribution in [0, 0.1) is 5.41 Å². The van der Waals surface area contributed by atoms with Crippen LogP contribution < -0.4 is 0 Å². The lowest BCUT2D eigenvalue weighted by Gasteiger charge is -2.39. The van der Waals surface area contributed by atoms with Crippen molar-refractivity contribution in [3.8, 4) is 0 Å². The molecule has 0 spiro atoms. The Morgan fingerprint density at radius 2 is 1.59 bits per heavy atom. The van der Waals surface area contributed by atoms with E-state index >= 15 is 0 Å². The van der Waals surface area contributed by atoms with Crippen molar-refractivity contribution in [1.29, 1.82) is 0 Å². The van der Waals surface area contributed by atoms with E-state index in [0.29, 0.717) is 24.5 Å². The van der Waals surface area contributed by atoms with E-state index in [1.807, 2.05) is 0 Å². The lowest BCUT2D eigenvalue weighted by molar-refractivity contribution is 0.117. The number of hydrogen-bond acceptors (Lipinski definition) is 3. The average Bonchev–Trinajstić information content (AvgIpc) is 2.14. The SMILES string of the molecule is CC(CC(C)(C)C)N1CCN(S(C)(=O)=O)CC1. The van der Waals surface area contributed by atoms with E-state index in [0.717, 1.165) is 19.5 Å². The second kappa shape index (κ2) is 5.24. The second-order valence-electron chi connectivity index (χ2n) is 6.31. The molecule has 1 aliphatic rings. The first-order valence-electron chi connectivity index (χ1n) is 6.29. The van der Waals surface area contributed by atoms with Gasteiger partial charge in [0.15, 0.2) is 0 Å². The van der Waals surface area contributed by atoms with Gasteiger partial charge in [0.05, 0.1) is 6.26 Å². The lowest BCUT2D eigenvalue weighted by Crippen LogP contribution is -2.51. The Labute approximate surface area is 106 Å². The van der Waals surface area contributed by atoms with Crippen LogP contribution in [0.5, 0.6) is 0 Å². The van der Waals surface area contributed by atoms with Crippen LogP contribution in [0.2, 0.25) is 0 Å². The van der Waals surface area contributed by atoms with Crippen LogP contribution in [0.4, 0.5) is 0 Å². The van der Waals surface area contributed by atoms with Crippen molar-refractivity contribution < 1.29 is 8.42 Å². The van der Waals surface area contributed by atoms with Gasteiger partial charge in [0, 0.05) is 32.2 Å². The van der Waals surface area contributed by atoms with Gasteiger partial charge in [-0.1, -0.05) is 20.8 Å². The molecular weight excluding hydrogens is 236 g/mol. The molecule has 0 saturated carbocycles. The van der Waals surface area contributed by atoms with Crippen LogP contribution in [-0.2, 0) is 10.0 Å². The highest BCUT2D eigenvalue weighted by Gasteiger charge is 2.27. The molecule has 1 unspecified atom stereocenters. The lowest BCUT2D eigenvalue weighted by atomic mass is 9.88. The third-order valence-electron chi connectivity index (χ3n) is 3.27. The standard InChI is InChI=1S/C12H26N2O2S/c1-11(10-12(2,3)4)13-6-8-14(9-7-13)17(5,15)16/h11H,6-10H2,1-5H3. The molecule has 1 heterocycles. The molecule has 0 bridgehead atoms. The molecule has 102 valence electrons. The van der Waals surface area contributed by atoms with E-state index in [4.69, 9.17) is 0 Å². The predicted molar refractivity (Wildman–Crippen MR) is 71.5 cm³/mol. The van der Waals surface area contributed by atoms with E-state index in [1.54, 1.807) is 4.31 Å². The molecule has 1 fully saturated rings. The van der Waals surface area contributed by atoms with E-state index in [9.17, 15) is 8.42 Å². The first kappa shape index (κ1) is 14.9. The van der Waals surface area contributed by atoms with Crippen LogP contribution in [0.3, 0.4) is 0 Å². The maximum Gasteiger partial charge on any atom is 0.211 e. The van der Waals surface area contributed by atoms with Crippen molar-refractivity contribution >= 4 is 10.0 Å². The largest absolute Gasteiger partial charge is 0.298 e. The Morgan fingerprint density at radius 1 is 1.12 bits per heavy atom. The van der Waals surface area contributed by atoms with Crippen LogP contribution in [-0.4, -0.2) is 56.1 Å². The van der Waals surface area contributed by atoms with Crippen molar-refractivity contribution in [3.63, 3.8) is 0 Å². The topological polar surface area (TPSA) is 40.6 Å². The van der Waals surface area contributed by atoms with Gasteiger partial charge in [-0.2, -0.15) is 4.31 Å². The normalized spacial score (nSPS) is 22.6. The molecule has 1 saturated heterocycles. The summed E-state index contributed by atoms with van der Waals surface area (Å²) < 4.78 is 24.4. The highest BCUT2D eigenvalue weighted by Crippen LogP contribution is 2.24. The minimum atomic E-state index is -3.00. The number of rotatable bonds is 3. The minimum absolute atomic E-state index is 0.327. The third kappa shape index (κ3) is 4.94. The molecule has 0 aromatic heterocycles. The Morgan fingerprint density at radius 3 is 1.94 bits per heavy atom. The van der Waals surface area contributed by atoms with Gasteiger partial charge in [-0.25, -0.2) is 8.42 Å². The molecule has 1 aliphatic heterocycles. The number of piperazine rings is 1. The molecule has 1 atom stereocenters. The molecule has 5 heteroatoms. The Kier molecular flexibility index (Phi) is 4.60. The van der Waals surface area contributed by atoms with Gasteiger partial charge in [-0.15, -0.1) is 0 Å². The summed E-state index contributed by atoms with van der Waals surface area (Å²) in [6.07, 6.45) is 2.44. The summed E-state index contributed by atoms with van der Waals surface area (Å²) in [6.45, 7) is 11.9. The van der Waals surface area contributed by atoms with Crippen LogP contribution in [0.15, 0.2) is 0 Å². The molecule has 0 aliphatic carbocycles. The molecule has 0 radical (unpaired) electrons. The van der Waals surface area contributed by atoms with Gasteiger partial charge in [-0.05, 0) is 18.8 Å². The van der Waals surface area contributed by atoms with E-state index < -0.39 is 10.0 Å². The zero-order valence-electron chi connectivity index (χ0n) is 11.7. The maximum absolute atomic E-state index is 11.4. The van der Waals surface area contributed by atoms with E-state index in [1.165, 1.54) is 6.26 Å². The summed E-state index contributed by atoms with van der Waals surface area (Å²) in [4.78, 5) is 2.40. The first-order chi connectivity index (χ1) is 7.59. The van der Waals surface area contributed by atoms with Crippen LogP contribution in [0.25, 0.3) is 0 Å². The Balaban J connectivity index is 2.47. The zero-order chi connectivity index (χ0) is 13.3. The third-order valence-corrected chi connectivity index (χ3v) is 4.58. The fraction of sp³-hybridized carbons (Fsp3) is 1.00. The van der Waals surface area contributed by atoms with Gasteiger partial charge < -0.3 is 0 Å². The number of sulfonamides is 1. The van der Waals surface area contributed by atoms with Crippen molar-refractivity contribution in [3.05, 3.63) is 0 Å². The fourth-order valence-corrected chi connectivity index (χ4v) is 3.32. The summed E-state index contributed by atoms with van der Waals surface area (Å²) >= 11 is 0. The quantitative estimate of drug-likeness (QED) is 0.772. The summed E-state index contributed by atoms with van der Waals surface area (Å²) in [6, 6.07) is 0.525. The molecule has 1 rings (SSSR count). The maximum atomic E-state index is 11.4. The van der Waals surface area contributed by atoms with Gasteiger partial charge in [0.2, 0.25) is 10.0 Å².